The molecule has 3 rings (SSSR count). The van der Waals surface area contributed by atoms with Crippen molar-refractivity contribution in [2.45, 2.75) is 39.8 Å². The molecule has 2 heterocycles. The van der Waals surface area contributed by atoms with Gasteiger partial charge in [-0.15, -0.1) is 0 Å². The Labute approximate surface area is 177 Å². The molecule has 0 radical (unpaired) electrons. The summed E-state index contributed by atoms with van der Waals surface area (Å²) in [5.41, 5.74) is 3.95. The number of pyridine rings is 1. The van der Waals surface area contributed by atoms with Crippen molar-refractivity contribution in [3.63, 3.8) is 0 Å². The van der Waals surface area contributed by atoms with Gasteiger partial charge in [0.2, 0.25) is 5.43 Å². The van der Waals surface area contributed by atoms with Crippen LogP contribution in [-0.4, -0.2) is 46.6 Å². The van der Waals surface area contributed by atoms with Crippen LogP contribution < -0.4 is 16.1 Å². The van der Waals surface area contributed by atoms with Crippen molar-refractivity contribution in [1.82, 2.24) is 4.57 Å². The number of hydrogen-bond acceptors (Lipinski definition) is 6. The zero-order valence-electron chi connectivity index (χ0n) is 17.9. The first-order chi connectivity index (χ1) is 14.5. The van der Waals surface area contributed by atoms with E-state index in [0.29, 0.717) is 5.71 Å². The van der Waals surface area contributed by atoms with Gasteiger partial charge in [0.05, 0.1) is 23.2 Å². The maximum absolute atomic E-state index is 15.6. The van der Waals surface area contributed by atoms with E-state index in [4.69, 9.17) is 10.6 Å². The molecule has 31 heavy (non-hydrogen) atoms. The maximum Gasteiger partial charge on any atom is 0.341 e. The van der Waals surface area contributed by atoms with Crippen LogP contribution in [0.1, 0.15) is 38.1 Å². The smallest absolute Gasteiger partial charge is 0.341 e. The molecular weight excluding hydrogens is 410 g/mol. The van der Waals surface area contributed by atoms with Crippen molar-refractivity contribution in [3.8, 4) is 0 Å². The molecule has 0 amide bonds. The normalized spacial score (nSPS) is 18.2. The molecule has 1 saturated heterocycles. The van der Waals surface area contributed by atoms with Crippen molar-refractivity contribution in [2.75, 3.05) is 24.5 Å². The van der Waals surface area contributed by atoms with Gasteiger partial charge in [0.25, 0.3) is 0 Å². The first-order valence-corrected chi connectivity index (χ1v) is 9.96. The molecule has 0 aliphatic carbocycles. The number of halogens is 2. The van der Waals surface area contributed by atoms with Crippen LogP contribution in [0.2, 0.25) is 0 Å². The third-order valence-corrected chi connectivity index (χ3v) is 5.10. The molecule has 1 aliphatic rings. The highest BCUT2D eigenvalue weighted by molar-refractivity contribution is 5.96. The number of carboxylic acid groups (broad SMARTS) is 1. The second-order valence-electron chi connectivity index (χ2n) is 8.48. The molecule has 1 unspecified atom stereocenters. The van der Waals surface area contributed by atoms with E-state index < -0.39 is 34.2 Å². The molecule has 8 nitrogen and oxygen atoms in total. The minimum absolute atomic E-state index is 0.112. The average Bonchev–Trinajstić information content (AvgIpc) is 3.09. The van der Waals surface area contributed by atoms with E-state index in [9.17, 15) is 14.7 Å². The third kappa shape index (κ3) is 4.25. The second-order valence-corrected chi connectivity index (χ2v) is 8.48. The van der Waals surface area contributed by atoms with Crippen molar-refractivity contribution < 1.29 is 23.5 Å². The van der Waals surface area contributed by atoms with E-state index in [1.165, 1.54) is 9.47 Å². The fraction of sp³-hybridized carbons (Fsp3) is 0.476. The molecule has 3 N–H and O–H groups in total. The summed E-state index contributed by atoms with van der Waals surface area (Å²) >= 11 is 0. The predicted molar refractivity (Wildman–Crippen MR) is 114 cm³/mol. The van der Waals surface area contributed by atoms with E-state index in [0.717, 1.165) is 12.3 Å². The molecule has 1 aromatic heterocycles. The quantitative estimate of drug-likeness (QED) is 0.697. The standard InChI is InChI=1S/C21H26F2N4O4/c1-5-26-9-13(20(29)30)19(28)12-6-14(22)18(16(23)17(12)26)27-8-11(7-24)15(10-27)25-31-21(2,3)4/h6,9,11H,5,7-8,10,24H2,1-4H3,(H,29,30)/b25-15+. The number of aromatic nitrogens is 1. The van der Waals surface area contributed by atoms with Gasteiger partial charge in [0.15, 0.2) is 5.82 Å². The Morgan fingerprint density at radius 3 is 2.61 bits per heavy atom. The number of hydrogen-bond donors (Lipinski definition) is 2. The summed E-state index contributed by atoms with van der Waals surface area (Å²) < 4.78 is 31.9. The third-order valence-electron chi connectivity index (χ3n) is 5.10. The van der Waals surface area contributed by atoms with E-state index in [2.05, 4.69) is 5.16 Å². The van der Waals surface area contributed by atoms with Gasteiger partial charge >= 0.3 is 5.97 Å². The Bertz CT molecular complexity index is 1120. The van der Waals surface area contributed by atoms with Gasteiger partial charge in [-0.1, -0.05) is 5.16 Å². The zero-order chi connectivity index (χ0) is 23.1. The van der Waals surface area contributed by atoms with Gasteiger partial charge in [-0.2, -0.15) is 0 Å². The van der Waals surface area contributed by atoms with Crippen molar-refractivity contribution in [2.24, 2.45) is 16.8 Å². The molecule has 1 fully saturated rings. The predicted octanol–water partition coefficient (Wildman–Crippen LogP) is 2.56. The fourth-order valence-electron chi connectivity index (χ4n) is 3.61. The lowest BCUT2D eigenvalue weighted by Gasteiger charge is -2.21. The van der Waals surface area contributed by atoms with Gasteiger partial charge in [0.1, 0.15) is 22.7 Å². The number of rotatable bonds is 5. The van der Waals surface area contributed by atoms with E-state index >= 15 is 8.78 Å². The van der Waals surface area contributed by atoms with E-state index in [1.807, 2.05) is 20.8 Å². The topological polar surface area (TPSA) is 110 Å². The molecular formula is C21H26F2N4O4. The lowest BCUT2D eigenvalue weighted by Crippen LogP contribution is -2.26. The second kappa shape index (κ2) is 8.26. The number of nitrogens with zero attached hydrogens (tertiary/aromatic N) is 3. The van der Waals surface area contributed by atoms with Crippen LogP contribution in [0.5, 0.6) is 0 Å². The number of carbonyl (C=O) groups is 1. The number of oxime groups is 1. The first-order valence-electron chi connectivity index (χ1n) is 9.96. The SMILES string of the molecule is CCn1cc(C(=O)O)c(=O)c2cc(F)c(N3C/C(=N\OC(C)(C)C)C(CN)C3)c(F)c21. The summed E-state index contributed by atoms with van der Waals surface area (Å²) in [6.45, 7) is 7.93. The summed E-state index contributed by atoms with van der Waals surface area (Å²) in [4.78, 5) is 30.8. The van der Waals surface area contributed by atoms with Crippen LogP contribution >= 0.6 is 0 Å². The summed E-state index contributed by atoms with van der Waals surface area (Å²) in [5.74, 6) is -3.59. The fourth-order valence-corrected chi connectivity index (χ4v) is 3.61. The maximum atomic E-state index is 15.6. The minimum atomic E-state index is -1.45. The molecule has 2 aromatic rings. The van der Waals surface area contributed by atoms with Gasteiger partial charge in [0, 0.05) is 31.7 Å². The molecule has 0 bridgehead atoms. The Morgan fingerprint density at radius 1 is 1.39 bits per heavy atom. The highest BCUT2D eigenvalue weighted by Crippen LogP contribution is 2.33. The number of fused-ring (bicyclic) bond motifs is 1. The van der Waals surface area contributed by atoms with E-state index in [1.54, 1.807) is 6.92 Å². The molecule has 1 aliphatic heterocycles. The first kappa shape index (κ1) is 22.7. The van der Waals surface area contributed by atoms with Crippen LogP contribution in [0.4, 0.5) is 14.5 Å². The van der Waals surface area contributed by atoms with E-state index in [-0.39, 0.29) is 48.7 Å². The molecule has 0 spiro atoms. The largest absolute Gasteiger partial charge is 0.477 e. The summed E-state index contributed by atoms with van der Waals surface area (Å²) in [6, 6.07) is 0.896. The van der Waals surface area contributed by atoms with Crippen LogP contribution in [0.3, 0.4) is 0 Å². The highest BCUT2D eigenvalue weighted by atomic mass is 19.1. The van der Waals surface area contributed by atoms with Crippen LogP contribution in [0, 0.1) is 17.6 Å². The Morgan fingerprint density at radius 2 is 2.06 bits per heavy atom. The zero-order valence-corrected chi connectivity index (χ0v) is 17.9. The van der Waals surface area contributed by atoms with Gasteiger partial charge in [-0.3, -0.25) is 4.79 Å². The van der Waals surface area contributed by atoms with Gasteiger partial charge in [-0.05, 0) is 33.8 Å². The van der Waals surface area contributed by atoms with Crippen molar-refractivity contribution in [1.29, 1.82) is 0 Å². The Kier molecular flexibility index (Phi) is 6.04. The van der Waals surface area contributed by atoms with Crippen molar-refractivity contribution >= 4 is 28.3 Å². The van der Waals surface area contributed by atoms with Crippen molar-refractivity contribution in [3.05, 3.63) is 39.7 Å². The molecule has 1 aromatic carbocycles. The number of benzene rings is 1. The summed E-state index contributed by atoms with van der Waals surface area (Å²) in [6.07, 6.45) is 1.08. The lowest BCUT2D eigenvalue weighted by molar-refractivity contribution is 0.000172. The number of aryl methyl sites for hydroxylation is 1. The highest BCUT2D eigenvalue weighted by Gasteiger charge is 2.34. The number of aromatic carboxylic acids is 1. The Balaban J connectivity index is 2.15. The number of nitrogens with two attached hydrogens (primary N) is 1. The van der Waals surface area contributed by atoms with Gasteiger partial charge in [-0.25, -0.2) is 13.6 Å². The number of anilines is 1. The van der Waals surface area contributed by atoms with Crippen LogP contribution in [0.15, 0.2) is 22.2 Å². The molecule has 1 atom stereocenters. The lowest BCUT2D eigenvalue weighted by atomic mass is 10.1. The monoisotopic (exact) mass is 436 g/mol. The van der Waals surface area contributed by atoms with Crippen LogP contribution in [0.25, 0.3) is 10.9 Å². The molecule has 0 saturated carbocycles. The van der Waals surface area contributed by atoms with Crippen LogP contribution in [-0.2, 0) is 11.4 Å². The number of carboxylic acids is 1. The van der Waals surface area contributed by atoms with Gasteiger partial charge < -0.3 is 25.1 Å². The average molecular weight is 436 g/mol. The summed E-state index contributed by atoms with van der Waals surface area (Å²) in [7, 11) is 0. The summed E-state index contributed by atoms with van der Waals surface area (Å²) in [5, 5.41) is 13.1. The molecule has 10 heteroatoms. The Hall–Kier alpha value is -3.01. The minimum Gasteiger partial charge on any atom is -0.477 e. The molecule has 168 valence electrons.